The Morgan fingerprint density at radius 2 is 2.07 bits per heavy atom. The molecule has 0 heterocycles. The Bertz CT molecular complexity index is 369. The van der Waals surface area contributed by atoms with E-state index in [-0.39, 0.29) is 0 Å². The van der Waals surface area contributed by atoms with Crippen molar-refractivity contribution >= 4 is 5.71 Å². The third-order valence-electron chi connectivity index (χ3n) is 2.94. The van der Waals surface area contributed by atoms with Gasteiger partial charge in [0.1, 0.15) is 0 Å². The maximum absolute atomic E-state index is 8.78. The Labute approximate surface area is 84.3 Å². The van der Waals surface area contributed by atoms with Gasteiger partial charge in [0.25, 0.3) is 0 Å². The number of aryl methyl sites for hydroxylation is 1. The molecule has 0 spiro atoms. The molecule has 0 aromatic heterocycles. The maximum atomic E-state index is 8.78. The molecule has 2 heteroatoms. The van der Waals surface area contributed by atoms with Gasteiger partial charge in [0.15, 0.2) is 0 Å². The molecule has 0 radical (unpaired) electrons. The SMILES string of the molecule is CC(=NO)c1cccc2c1CCCC2. The van der Waals surface area contributed by atoms with Crippen LogP contribution in [0.1, 0.15) is 36.5 Å². The molecule has 0 fully saturated rings. The highest BCUT2D eigenvalue weighted by molar-refractivity contribution is 5.99. The summed E-state index contributed by atoms with van der Waals surface area (Å²) in [5.41, 5.74) is 4.65. The minimum Gasteiger partial charge on any atom is -0.411 e. The quantitative estimate of drug-likeness (QED) is 0.411. The molecule has 0 bridgehead atoms. The summed E-state index contributed by atoms with van der Waals surface area (Å²) in [6.07, 6.45) is 4.83. The Balaban J connectivity index is 2.50. The van der Waals surface area contributed by atoms with Gasteiger partial charge in [-0.05, 0) is 43.7 Å². The zero-order chi connectivity index (χ0) is 9.97. The molecule has 0 amide bonds. The summed E-state index contributed by atoms with van der Waals surface area (Å²) in [5, 5.41) is 12.1. The van der Waals surface area contributed by atoms with E-state index in [2.05, 4.69) is 11.2 Å². The smallest absolute Gasteiger partial charge is 0.0839 e. The average Bonchev–Trinajstić information content (AvgIpc) is 2.27. The fraction of sp³-hybridized carbons (Fsp3) is 0.417. The van der Waals surface area contributed by atoms with Crippen molar-refractivity contribution in [2.75, 3.05) is 0 Å². The van der Waals surface area contributed by atoms with Gasteiger partial charge in [-0.3, -0.25) is 0 Å². The second-order valence-corrected chi connectivity index (χ2v) is 3.84. The first kappa shape index (κ1) is 9.25. The summed E-state index contributed by atoms with van der Waals surface area (Å²) in [6, 6.07) is 6.27. The van der Waals surface area contributed by atoms with Crippen molar-refractivity contribution in [3.05, 3.63) is 34.9 Å². The van der Waals surface area contributed by atoms with Crippen LogP contribution in [0.4, 0.5) is 0 Å². The van der Waals surface area contributed by atoms with E-state index in [1.54, 1.807) is 0 Å². The van der Waals surface area contributed by atoms with Gasteiger partial charge in [-0.2, -0.15) is 0 Å². The summed E-state index contributed by atoms with van der Waals surface area (Å²) >= 11 is 0. The molecule has 1 aliphatic rings. The standard InChI is InChI=1S/C12H15NO/c1-9(13-14)11-8-4-6-10-5-2-3-7-12(10)11/h4,6,8,14H,2-3,5,7H2,1H3. The van der Waals surface area contributed by atoms with Crippen molar-refractivity contribution in [2.45, 2.75) is 32.6 Å². The molecular formula is C12H15NO. The first-order valence-corrected chi connectivity index (χ1v) is 5.12. The lowest BCUT2D eigenvalue weighted by Gasteiger charge is -2.18. The van der Waals surface area contributed by atoms with E-state index < -0.39 is 0 Å². The second kappa shape index (κ2) is 3.82. The number of benzene rings is 1. The van der Waals surface area contributed by atoms with Gasteiger partial charge in [-0.1, -0.05) is 23.4 Å². The summed E-state index contributed by atoms with van der Waals surface area (Å²) in [7, 11) is 0. The minimum atomic E-state index is 0.726. The maximum Gasteiger partial charge on any atom is 0.0839 e. The van der Waals surface area contributed by atoms with E-state index in [4.69, 9.17) is 5.21 Å². The first-order valence-electron chi connectivity index (χ1n) is 5.12. The van der Waals surface area contributed by atoms with Crippen LogP contribution < -0.4 is 0 Å². The fourth-order valence-corrected chi connectivity index (χ4v) is 2.17. The van der Waals surface area contributed by atoms with Gasteiger partial charge in [0, 0.05) is 5.56 Å². The van der Waals surface area contributed by atoms with Crippen LogP contribution in [0.25, 0.3) is 0 Å². The Morgan fingerprint density at radius 1 is 1.29 bits per heavy atom. The van der Waals surface area contributed by atoms with Crippen LogP contribution in [-0.2, 0) is 12.8 Å². The highest BCUT2D eigenvalue weighted by atomic mass is 16.4. The second-order valence-electron chi connectivity index (χ2n) is 3.84. The van der Waals surface area contributed by atoms with Crippen LogP contribution in [0.5, 0.6) is 0 Å². The van der Waals surface area contributed by atoms with Crippen molar-refractivity contribution < 1.29 is 5.21 Å². The largest absolute Gasteiger partial charge is 0.411 e. The van der Waals surface area contributed by atoms with Gasteiger partial charge in [-0.15, -0.1) is 0 Å². The first-order chi connectivity index (χ1) is 6.83. The number of oxime groups is 1. The lowest BCUT2D eigenvalue weighted by atomic mass is 9.87. The predicted molar refractivity (Wildman–Crippen MR) is 57.1 cm³/mol. The lowest BCUT2D eigenvalue weighted by molar-refractivity contribution is 0.319. The molecule has 1 aromatic rings. The average molecular weight is 189 g/mol. The number of hydrogen-bond donors (Lipinski definition) is 1. The van der Waals surface area contributed by atoms with Crippen molar-refractivity contribution in [2.24, 2.45) is 5.16 Å². The number of fused-ring (bicyclic) bond motifs is 1. The van der Waals surface area contributed by atoms with Crippen molar-refractivity contribution in [3.63, 3.8) is 0 Å². The van der Waals surface area contributed by atoms with E-state index in [1.807, 2.05) is 19.1 Å². The molecule has 0 atom stereocenters. The number of hydrogen-bond acceptors (Lipinski definition) is 2. The summed E-state index contributed by atoms with van der Waals surface area (Å²) < 4.78 is 0. The topological polar surface area (TPSA) is 32.6 Å². The third kappa shape index (κ3) is 1.52. The van der Waals surface area contributed by atoms with Gasteiger partial charge in [-0.25, -0.2) is 0 Å². The molecule has 74 valence electrons. The molecule has 2 nitrogen and oxygen atoms in total. The molecule has 2 rings (SSSR count). The van der Waals surface area contributed by atoms with Crippen molar-refractivity contribution in [1.82, 2.24) is 0 Å². The molecule has 0 aliphatic heterocycles. The summed E-state index contributed by atoms with van der Waals surface area (Å²) in [6.45, 7) is 1.85. The summed E-state index contributed by atoms with van der Waals surface area (Å²) in [5.74, 6) is 0. The van der Waals surface area contributed by atoms with Crippen LogP contribution in [0.3, 0.4) is 0 Å². The molecule has 1 aliphatic carbocycles. The zero-order valence-corrected chi connectivity index (χ0v) is 8.45. The van der Waals surface area contributed by atoms with Crippen LogP contribution >= 0.6 is 0 Å². The Kier molecular flexibility index (Phi) is 2.53. The third-order valence-corrected chi connectivity index (χ3v) is 2.94. The van der Waals surface area contributed by atoms with E-state index in [0.717, 1.165) is 17.7 Å². The van der Waals surface area contributed by atoms with Crippen LogP contribution in [0, 0.1) is 0 Å². The van der Waals surface area contributed by atoms with Gasteiger partial charge in [0.05, 0.1) is 5.71 Å². The van der Waals surface area contributed by atoms with Crippen molar-refractivity contribution in [1.29, 1.82) is 0 Å². The molecular weight excluding hydrogens is 174 g/mol. The predicted octanol–water partition coefficient (Wildman–Crippen LogP) is 2.76. The summed E-state index contributed by atoms with van der Waals surface area (Å²) in [4.78, 5) is 0. The van der Waals surface area contributed by atoms with Crippen LogP contribution in [-0.4, -0.2) is 10.9 Å². The van der Waals surface area contributed by atoms with E-state index >= 15 is 0 Å². The fourth-order valence-electron chi connectivity index (χ4n) is 2.17. The molecule has 1 N–H and O–H groups in total. The molecule has 0 unspecified atom stereocenters. The van der Waals surface area contributed by atoms with Crippen LogP contribution in [0.15, 0.2) is 23.4 Å². The van der Waals surface area contributed by atoms with E-state index in [9.17, 15) is 0 Å². The van der Waals surface area contributed by atoms with Gasteiger partial charge < -0.3 is 5.21 Å². The molecule has 0 saturated heterocycles. The highest BCUT2D eigenvalue weighted by Gasteiger charge is 2.13. The zero-order valence-electron chi connectivity index (χ0n) is 8.45. The highest BCUT2D eigenvalue weighted by Crippen LogP contribution is 2.24. The van der Waals surface area contributed by atoms with Crippen molar-refractivity contribution in [3.8, 4) is 0 Å². The number of rotatable bonds is 1. The molecule has 14 heavy (non-hydrogen) atoms. The lowest BCUT2D eigenvalue weighted by Crippen LogP contribution is -2.09. The Hall–Kier alpha value is -1.31. The van der Waals surface area contributed by atoms with Gasteiger partial charge >= 0.3 is 0 Å². The van der Waals surface area contributed by atoms with Gasteiger partial charge in [0.2, 0.25) is 0 Å². The number of nitrogens with zero attached hydrogens (tertiary/aromatic N) is 1. The monoisotopic (exact) mass is 189 g/mol. The van der Waals surface area contributed by atoms with E-state index in [0.29, 0.717) is 0 Å². The minimum absolute atomic E-state index is 0.726. The molecule has 0 saturated carbocycles. The van der Waals surface area contributed by atoms with E-state index in [1.165, 1.54) is 30.4 Å². The Morgan fingerprint density at radius 3 is 2.86 bits per heavy atom. The normalized spacial score (nSPS) is 16.5. The van der Waals surface area contributed by atoms with Crippen LogP contribution in [0.2, 0.25) is 0 Å². The molecule has 1 aromatic carbocycles.